The standard InChI is InChI=1S/C19H24N4O4/c1-3-20-19(22-14-15-4-6-16(7-5-15)23(24)25)21-12-13-27-18-10-8-17(26-2)9-11-18/h4-11H,3,12-14H2,1-2H3,(H2,20,21,22). The number of ether oxygens (including phenoxy) is 2. The van der Waals surface area contributed by atoms with Crippen molar-refractivity contribution in [3.05, 3.63) is 64.2 Å². The molecule has 0 amide bonds. The van der Waals surface area contributed by atoms with Crippen molar-refractivity contribution in [2.45, 2.75) is 13.5 Å². The molecule has 0 bridgehead atoms. The van der Waals surface area contributed by atoms with Crippen LogP contribution in [0, 0.1) is 10.1 Å². The molecule has 2 aromatic rings. The second kappa shape index (κ2) is 10.6. The molecule has 0 aliphatic rings. The summed E-state index contributed by atoms with van der Waals surface area (Å²) < 4.78 is 10.8. The summed E-state index contributed by atoms with van der Waals surface area (Å²) in [4.78, 5) is 14.7. The van der Waals surface area contributed by atoms with Gasteiger partial charge in [0.25, 0.3) is 5.69 Å². The normalized spacial score (nSPS) is 11.0. The summed E-state index contributed by atoms with van der Waals surface area (Å²) in [6.45, 7) is 4.20. The molecule has 8 heteroatoms. The first-order chi connectivity index (χ1) is 13.1. The predicted octanol–water partition coefficient (Wildman–Crippen LogP) is 2.74. The first-order valence-corrected chi connectivity index (χ1v) is 8.64. The van der Waals surface area contributed by atoms with Crippen LogP contribution in [-0.2, 0) is 6.54 Å². The highest BCUT2D eigenvalue weighted by Gasteiger charge is 2.04. The Morgan fingerprint density at radius 3 is 2.33 bits per heavy atom. The summed E-state index contributed by atoms with van der Waals surface area (Å²) in [6, 6.07) is 13.8. The molecular formula is C19H24N4O4. The van der Waals surface area contributed by atoms with Gasteiger partial charge >= 0.3 is 0 Å². The van der Waals surface area contributed by atoms with E-state index in [0.717, 1.165) is 23.6 Å². The van der Waals surface area contributed by atoms with Crippen LogP contribution < -0.4 is 20.1 Å². The molecule has 0 saturated heterocycles. The molecule has 2 N–H and O–H groups in total. The highest BCUT2D eigenvalue weighted by molar-refractivity contribution is 5.79. The van der Waals surface area contributed by atoms with Crippen LogP contribution in [0.1, 0.15) is 12.5 Å². The van der Waals surface area contributed by atoms with Crippen molar-refractivity contribution in [1.29, 1.82) is 0 Å². The predicted molar refractivity (Wildman–Crippen MR) is 104 cm³/mol. The van der Waals surface area contributed by atoms with Crippen LogP contribution >= 0.6 is 0 Å². The van der Waals surface area contributed by atoms with Crippen LogP contribution in [0.2, 0.25) is 0 Å². The molecule has 0 saturated carbocycles. The van der Waals surface area contributed by atoms with Gasteiger partial charge in [-0.25, -0.2) is 4.99 Å². The molecule has 0 atom stereocenters. The van der Waals surface area contributed by atoms with Gasteiger partial charge in [-0.2, -0.15) is 0 Å². The lowest BCUT2D eigenvalue weighted by Crippen LogP contribution is -2.39. The SMILES string of the molecule is CCNC(=NCc1ccc([N+](=O)[O-])cc1)NCCOc1ccc(OC)cc1. The number of nitrogens with zero attached hydrogens (tertiary/aromatic N) is 2. The molecule has 144 valence electrons. The largest absolute Gasteiger partial charge is 0.497 e. The van der Waals surface area contributed by atoms with Gasteiger partial charge in [-0.1, -0.05) is 12.1 Å². The van der Waals surface area contributed by atoms with Gasteiger partial charge in [0.15, 0.2) is 5.96 Å². The van der Waals surface area contributed by atoms with Crippen molar-refractivity contribution >= 4 is 11.6 Å². The summed E-state index contributed by atoms with van der Waals surface area (Å²) in [5.41, 5.74) is 0.968. The molecule has 0 aromatic heterocycles. The van der Waals surface area contributed by atoms with E-state index in [2.05, 4.69) is 15.6 Å². The summed E-state index contributed by atoms with van der Waals surface area (Å²) in [5, 5.41) is 17.0. The summed E-state index contributed by atoms with van der Waals surface area (Å²) in [6.07, 6.45) is 0. The maximum Gasteiger partial charge on any atom is 0.269 e. The first kappa shape index (κ1) is 20.0. The van der Waals surface area contributed by atoms with E-state index in [9.17, 15) is 10.1 Å². The van der Waals surface area contributed by atoms with Gasteiger partial charge < -0.3 is 20.1 Å². The second-order valence-electron chi connectivity index (χ2n) is 5.57. The Labute approximate surface area is 158 Å². The van der Waals surface area contributed by atoms with E-state index in [1.165, 1.54) is 12.1 Å². The molecule has 27 heavy (non-hydrogen) atoms. The van der Waals surface area contributed by atoms with Crippen molar-refractivity contribution in [2.75, 3.05) is 26.8 Å². The van der Waals surface area contributed by atoms with Crippen LogP contribution in [0.3, 0.4) is 0 Å². The van der Waals surface area contributed by atoms with Crippen molar-refractivity contribution in [2.24, 2.45) is 4.99 Å². The number of nitro groups is 1. The van der Waals surface area contributed by atoms with Gasteiger partial charge in [-0.05, 0) is 36.8 Å². The Kier molecular flexibility index (Phi) is 7.90. The zero-order valence-electron chi connectivity index (χ0n) is 15.5. The van der Waals surface area contributed by atoms with E-state index in [0.29, 0.717) is 25.7 Å². The molecule has 8 nitrogen and oxygen atoms in total. The van der Waals surface area contributed by atoms with Crippen LogP contribution in [0.25, 0.3) is 0 Å². The van der Waals surface area contributed by atoms with Crippen molar-refractivity contribution in [3.63, 3.8) is 0 Å². The lowest BCUT2D eigenvalue weighted by Gasteiger charge is -2.12. The summed E-state index contributed by atoms with van der Waals surface area (Å²) >= 11 is 0. The molecule has 0 heterocycles. The minimum absolute atomic E-state index is 0.0726. The molecule has 2 aromatic carbocycles. The first-order valence-electron chi connectivity index (χ1n) is 8.64. The third-order valence-electron chi connectivity index (χ3n) is 3.63. The Bertz CT molecular complexity index is 745. The average molecular weight is 372 g/mol. The Balaban J connectivity index is 1.81. The monoisotopic (exact) mass is 372 g/mol. The van der Waals surface area contributed by atoms with Gasteiger partial charge in [0.1, 0.15) is 18.1 Å². The summed E-state index contributed by atoms with van der Waals surface area (Å²) in [5.74, 6) is 2.22. The maximum atomic E-state index is 10.7. The second-order valence-corrected chi connectivity index (χ2v) is 5.57. The number of non-ortho nitro benzene ring substituents is 1. The lowest BCUT2D eigenvalue weighted by atomic mass is 10.2. The van der Waals surface area contributed by atoms with E-state index in [4.69, 9.17) is 9.47 Å². The van der Waals surface area contributed by atoms with E-state index < -0.39 is 4.92 Å². The molecule has 0 aliphatic carbocycles. The van der Waals surface area contributed by atoms with Crippen molar-refractivity contribution in [1.82, 2.24) is 10.6 Å². The molecule has 0 spiro atoms. The number of hydrogen-bond donors (Lipinski definition) is 2. The van der Waals surface area contributed by atoms with Crippen molar-refractivity contribution < 1.29 is 14.4 Å². The maximum absolute atomic E-state index is 10.7. The van der Waals surface area contributed by atoms with E-state index in [1.54, 1.807) is 19.2 Å². The summed E-state index contributed by atoms with van der Waals surface area (Å²) in [7, 11) is 1.62. The van der Waals surface area contributed by atoms with Crippen molar-refractivity contribution in [3.8, 4) is 11.5 Å². The molecule has 0 radical (unpaired) electrons. The topological polar surface area (TPSA) is 98.0 Å². The van der Waals surface area contributed by atoms with E-state index in [-0.39, 0.29) is 5.69 Å². The van der Waals surface area contributed by atoms with Crippen LogP contribution in [0.5, 0.6) is 11.5 Å². The third-order valence-corrected chi connectivity index (χ3v) is 3.63. The molecule has 0 unspecified atom stereocenters. The zero-order chi connectivity index (χ0) is 19.5. The van der Waals surface area contributed by atoms with Crippen LogP contribution in [-0.4, -0.2) is 37.7 Å². The van der Waals surface area contributed by atoms with Gasteiger partial charge in [0.05, 0.1) is 25.1 Å². The van der Waals surface area contributed by atoms with E-state index in [1.807, 2.05) is 31.2 Å². The number of methoxy groups -OCH3 is 1. The molecular weight excluding hydrogens is 348 g/mol. The number of hydrogen-bond acceptors (Lipinski definition) is 5. The number of guanidine groups is 1. The fourth-order valence-electron chi connectivity index (χ4n) is 2.25. The number of rotatable bonds is 9. The van der Waals surface area contributed by atoms with E-state index >= 15 is 0 Å². The number of nitrogens with one attached hydrogen (secondary N) is 2. The minimum Gasteiger partial charge on any atom is -0.497 e. The van der Waals surface area contributed by atoms with Gasteiger partial charge in [0.2, 0.25) is 0 Å². The van der Waals surface area contributed by atoms with Gasteiger partial charge in [-0.15, -0.1) is 0 Å². The number of aliphatic imine (C=N–C) groups is 1. The Morgan fingerprint density at radius 2 is 1.74 bits per heavy atom. The molecule has 0 aliphatic heterocycles. The third kappa shape index (κ3) is 6.85. The molecule has 0 fully saturated rings. The zero-order valence-corrected chi connectivity index (χ0v) is 15.5. The fourth-order valence-corrected chi connectivity index (χ4v) is 2.25. The highest BCUT2D eigenvalue weighted by Crippen LogP contribution is 2.16. The quantitative estimate of drug-likeness (QED) is 0.231. The Morgan fingerprint density at radius 1 is 1.07 bits per heavy atom. The van der Waals surface area contributed by atoms with Gasteiger partial charge in [-0.3, -0.25) is 10.1 Å². The Hall–Kier alpha value is -3.29. The van der Waals surface area contributed by atoms with Gasteiger partial charge in [0, 0.05) is 18.7 Å². The van der Waals surface area contributed by atoms with Crippen LogP contribution in [0.15, 0.2) is 53.5 Å². The minimum atomic E-state index is -0.415. The number of nitro benzene ring substituents is 1. The molecule has 2 rings (SSSR count). The highest BCUT2D eigenvalue weighted by atomic mass is 16.6. The fraction of sp³-hybridized carbons (Fsp3) is 0.316. The smallest absolute Gasteiger partial charge is 0.269 e. The van der Waals surface area contributed by atoms with Crippen LogP contribution in [0.4, 0.5) is 5.69 Å². The average Bonchev–Trinajstić information content (AvgIpc) is 2.70. The lowest BCUT2D eigenvalue weighted by molar-refractivity contribution is -0.384. The number of benzene rings is 2.